The third-order valence-corrected chi connectivity index (χ3v) is 3.09. The summed E-state index contributed by atoms with van der Waals surface area (Å²) in [4.78, 5) is 0. The van der Waals surface area contributed by atoms with Crippen LogP contribution in [0.1, 0.15) is 16.7 Å². The summed E-state index contributed by atoms with van der Waals surface area (Å²) in [5, 5.41) is 3.32. The number of aryl methyl sites for hydroxylation is 1. The minimum Gasteiger partial charge on any atom is -0.316 e. The Morgan fingerprint density at radius 2 is 2.08 bits per heavy atom. The molecule has 1 fully saturated rings. The Balaban J connectivity index is 2.14. The van der Waals surface area contributed by atoms with Gasteiger partial charge in [0.15, 0.2) is 0 Å². The first kappa shape index (κ1) is 8.76. The van der Waals surface area contributed by atoms with E-state index in [9.17, 15) is 0 Å². The second-order valence-electron chi connectivity index (χ2n) is 4.09. The molecule has 0 radical (unpaired) electrons. The summed E-state index contributed by atoms with van der Waals surface area (Å²) in [5.74, 6) is 0.875. The van der Waals surface area contributed by atoms with Crippen LogP contribution >= 0.6 is 0 Å². The van der Waals surface area contributed by atoms with E-state index in [1.54, 1.807) is 0 Å². The van der Waals surface area contributed by atoms with Gasteiger partial charge in [0.2, 0.25) is 0 Å². The fourth-order valence-electron chi connectivity index (χ4n) is 1.84. The molecule has 1 aromatic rings. The molecular formula is C12H17N. The van der Waals surface area contributed by atoms with Gasteiger partial charge in [-0.15, -0.1) is 0 Å². The highest BCUT2D eigenvalue weighted by Crippen LogP contribution is 2.18. The number of nitrogens with one attached hydrogen (secondary N) is 1. The van der Waals surface area contributed by atoms with Gasteiger partial charge in [-0.25, -0.2) is 0 Å². The molecule has 0 aliphatic carbocycles. The van der Waals surface area contributed by atoms with Crippen LogP contribution in [0.5, 0.6) is 0 Å². The van der Waals surface area contributed by atoms with Gasteiger partial charge < -0.3 is 5.32 Å². The quantitative estimate of drug-likeness (QED) is 0.725. The van der Waals surface area contributed by atoms with Gasteiger partial charge in [0.25, 0.3) is 0 Å². The van der Waals surface area contributed by atoms with E-state index < -0.39 is 0 Å². The van der Waals surface area contributed by atoms with Gasteiger partial charge in [0.05, 0.1) is 0 Å². The highest BCUT2D eigenvalue weighted by atomic mass is 14.9. The first-order valence-electron chi connectivity index (χ1n) is 5.03. The van der Waals surface area contributed by atoms with Gasteiger partial charge in [-0.05, 0) is 56.0 Å². The molecule has 0 saturated carbocycles. The molecule has 1 aromatic carbocycles. The summed E-state index contributed by atoms with van der Waals surface area (Å²) < 4.78 is 0. The van der Waals surface area contributed by atoms with Gasteiger partial charge in [0, 0.05) is 0 Å². The van der Waals surface area contributed by atoms with Gasteiger partial charge in [-0.3, -0.25) is 0 Å². The van der Waals surface area contributed by atoms with Crippen LogP contribution in [0.25, 0.3) is 0 Å². The van der Waals surface area contributed by atoms with Crippen LogP contribution in [-0.4, -0.2) is 13.1 Å². The summed E-state index contributed by atoms with van der Waals surface area (Å²) in [6, 6.07) is 6.63. The van der Waals surface area contributed by atoms with Gasteiger partial charge in [-0.2, -0.15) is 0 Å². The fraction of sp³-hybridized carbons (Fsp3) is 0.500. The lowest BCUT2D eigenvalue weighted by Gasteiger charge is -2.27. The van der Waals surface area contributed by atoms with Crippen LogP contribution < -0.4 is 5.32 Å². The average molecular weight is 175 g/mol. The van der Waals surface area contributed by atoms with Crippen molar-refractivity contribution in [1.29, 1.82) is 0 Å². The summed E-state index contributed by atoms with van der Waals surface area (Å²) in [6.07, 6.45) is 1.25. The molecule has 0 aromatic heterocycles. The Hall–Kier alpha value is -0.820. The van der Waals surface area contributed by atoms with E-state index in [1.165, 1.54) is 36.2 Å². The van der Waals surface area contributed by atoms with E-state index in [1.807, 2.05) is 0 Å². The van der Waals surface area contributed by atoms with Crippen molar-refractivity contribution in [1.82, 2.24) is 5.32 Å². The van der Waals surface area contributed by atoms with Gasteiger partial charge >= 0.3 is 0 Å². The van der Waals surface area contributed by atoms with Crippen LogP contribution in [0.2, 0.25) is 0 Å². The Kier molecular flexibility index (Phi) is 2.36. The zero-order valence-corrected chi connectivity index (χ0v) is 8.43. The summed E-state index contributed by atoms with van der Waals surface area (Å²) in [7, 11) is 0. The van der Waals surface area contributed by atoms with Crippen molar-refractivity contribution in [3.05, 3.63) is 34.9 Å². The van der Waals surface area contributed by atoms with Crippen molar-refractivity contribution in [2.24, 2.45) is 5.92 Å². The number of hydrogen-bond donors (Lipinski definition) is 1. The smallest absolute Gasteiger partial charge is 0.000506 e. The Labute approximate surface area is 80.2 Å². The molecular weight excluding hydrogens is 158 g/mol. The zero-order chi connectivity index (χ0) is 9.26. The van der Waals surface area contributed by atoms with E-state index in [2.05, 4.69) is 37.4 Å². The normalized spacial score (nSPS) is 17.1. The molecule has 1 heteroatoms. The van der Waals surface area contributed by atoms with Crippen molar-refractivity contribution in [3.63, 3.8) is 0 Å². The van der Waals surface area contributed by atoms with Crippen molar-refractivity contribution in [3.8, 4) is 0 Å². The Bertz CT molecular complexity index is 300. The third kappa shape index (κ3) is 1.75. The first-order chi connectivity index (χ1) is 6.27. The molecule has 1 nitrogen and oxygen atoms in total. The highest BCUT2D eigenvalue weighted by molar-refractivity contribution is 5.33. The Morgan fingerprint density at radius 3 is 2.69 bits per heavy atom. The van der Waals surface area contributed by atoms with Gasteiger partial charge in [0.1, 0.15) is 0 Å². The maximum absolute atomic E-state index is 3.32. The van der Waals surface area contributed by atoms with Crippen molar-refractivity contribution in [2.75, 3.05) is 13.1 Å². The lowest BCUT2D eigenvalue weighted by atomic mass is 9.91. The van der Waals surface area contributed by atoms with Crippen molar-refractivity contribution < 1.29 is 0 Å². The van der Waals surface area contributed by atoms with E-state index in [4.69, 9.17) is 0 Å². The van der Waals surface area contributed by atoms with E-state index in [0.717, 1.165) is 5.92 Å². The van der Waals surface area contributed by atoms with Gasteiger partial charge in [-0.1, -0.05) is 18.2 Å². The molecule has 13 heavy (non-hydrogen) atoms. The standard InChI is InChI=1S/C12H17N/c1-9-4-3-5-12(10(9)2)6-11-7-13-8-11/h3-5,11,13H,6-8H2,1-2H3. The predicted octanol–water partition coefficient (Wildman–Crippen LogP) is 2.07. The largest absolute Gasteiger partial charge is 0.316 e. The maximum Gasteiger partial charge on any atom is -0.000506 e. The fourth-order valence-corrected chi connectivity index (χ4v) is 1.84. The van der Waals surface area contributed by atoms with E-state index in [-0.39, 0.29) is 0 Å². The van der Waals surface area contributed by atoms with Crippen LogP contribution in [-0.2, 0) is 6.42 Å². The predicted molar refractivity (Wildman–Crippen MR) is 56.0 cm³/mol. The Morgan fingerprint density at radius 1 is 1.31 bits per heavy atom. The van der Waals surface area contributed by atoms with E-state index >= 15 is 0 Å². The molecule has 0 atom stereocenters. The van der Waals surface area contributed by atoms with Crippen molar-refractivity contribution >= 4 is 0 Å². The molecule has 0 spiro atoms. The van der Waals surface area contributed by atoms with Crippen LogP contribution in [0.3, 0.4) is 0 Å². The van der Waals surface area contributed by atoms with Crippen LogP contribution in [0.4, 0.5) is 0 Å². The maximum atomic E-state index is 3.32. The number of rotatable bonds is 2. The molecule has 1 N–H and O–H groups in total. The molecule has 0 amide bonds. The molecule has 0 bridgehead atoms. The molecule has 1 saturated heterocycles. The molecule has 2 rings (SSSR count). The monoisotopic (exact) mass is 175 g/mol. The number of benzene rings is 1. The van der Waals surface area contributed by atoms with Crippen LogP contribution in [0.15, 0.2) is 18.2 Å². The SMILES string of the molecule is Cc1cccc(CC2CNC2)c1C. The molecule has 1 aliphatic heterocycles. The van der Waals surface area contributed by atoms with Crippen molar-refractivity contribution in [2.45, 2.75) is 20.3 Å². The van der Waals surface area contributed by atoms with E-state index in [0.29, 0.717) is 0 Å². The van der Waals surface area contributed by atoms with Crippen LogP contribution in [0, 0.1) is 19.8 Å². The summed E-state index contributed by atoms with van der Waals surface area (Å²) in [5.41, 5.74) is 4.44. The second-order valence-corrected chi connectivity index (χ2v) is 4.09. The minimum atomic E-state index is 0.875. The third-order valence-electron chi connectivity index (χ3n) is 3.09. The zero-order valence-electron chi connectivity index (χ0n) is 8.43. The summed E-state index contributed by atoms with van der Waals surface area (Å²) >= 11 is 0. The minimum absolute atomic E-state index is 0.875. The highest BCUT2D eigenvalue weighted by Gasteiger charge is 2.17. The molecule has 1 heterocycles. The molecule has 1 aliphatic rings. The topological polar surface area (TPSA) is 12.0 Å². The first-order valence-corrected chi connectivity index (χ1v) is 5.03. The average Bonchev–Trinajstić information content (AvgIpc) is 2.04. The second kappa shape index (κ2) is 3.51. The molecule has 0 unspecified atom stereocenters. The number of hydrogen-bond acceptors (Lipinski definition) is 1. The molecule has 70 valence electrons. The lowest BCUT2D eigenvalue weighted by Crippen LogP contribution is -2.43. The summed E-state index contributed by atoms with van der Waals surface area (Å²) in [6.45, 7) is 6.83. The lowest BCUT2D eigenvalue weighted by molar-refractivity contribution is 0.346.